The fourth-order valence-corrected chi connectivity index (χ4v) is 3.45. The lowest BCUT2D eigenvalue weighted by atomic mass is 9.93. The molecule has 0 fully saturated rings. The lowest BCUT2D eigenvalue weighted by molar-refractivity contribution is 0.0995. The normalized spacial score (nSPS) is 12.7. The van der Waals surface area contributed by atoms with Gasteiger partial charge >= 0.3 is 0 Å². The number of phenols is 1. The van der Waals surface area contributed by atoms with E-state index in [-0.39, 0.29) is 22.9 Å². The summed E-state index contributed by atoms with van der Waals surface area (Å²) in [5.41, 5.74) is 7.27. The highest BCUT2D eigenvalue weighted by Gasteiger charge is 2.23. The maximum absolute atomic E-state index is 11.3. The molecule has 0 aliphatic heterocycles. The number of carbonyl (C=O) groups is 1. The molecule has 1 atom stereocenters. The molecule has 0 saturated heterocycles. The van der Waals surface area contributed by atoms with Gasteiger partial charge in [-0.3, -0.25) is 4.79 Å². The molecule has 7 nitrogen and oxygen atoms in total. The zero-order valence-electron chi connectivity index (χ0n) is 15.4. The highest BCUT2D eigenvalue weighted by atomic mass is 32.1. The third-order valence-electron chi connectivity index (χ3n) is 4.02. The number of nitrogens with one attached hydrogen (secondary N) is 1. The molecule has 4 N–H and O–H groups in total. The van der Waals surface area contributed by atoms with Crippen molar-refractivity contribution in [2.24, 2.45) is 5.73 Å². The van der Waals surface area contributed by atoms with Crippen LogP contribution in [0, 0.1) is 0 Å². The number of hydrogen-bond acceptors (Lipinski definition) is 7. The van der Waals surface area contributed by atoms with E-state index in [9.17, 15) is 9.90 Å². The molecule has 3 rings (SSSR count). The number of hydrogen-bond donors (Lipinski definition) is 3. The average Bonchev–Trinajstić information content (AvgIpc) is 3.25. The first kappa shape index (κ1) is 18.9. The first-order chi connectivity index (χ1) is 12.7. The van der Waals surface area contributed by atoms with Crippen molar-refractivity contribution in [1.82, 2.24) is 9.97 Å². The molecule has 2 aromatic heterocycles. The standard InChI is InChI=1S/C19H22N4O3S/c1-19(2,3)15-10-27-18(23-15)22-13(8-11-4-6-12(24)7-5-11)17-21-14(9-26-17)16(20)25/h4-7,9-10,13,24H,8H2,1-3H3,(H2,20,25)(H,22,23)/t13-/m0/s1. The topological polar surface area (TPSA) is 114 Å². The van der Waals surface area contributed by atoms with Crippen molar-refractivity contribution >= 4 is 22.4 Å². The van der Waals surface area contributed by atoms with Gasteiger partial charge in [-0.25, -0.2) is 9.97 Å². The van der Waals surface area contributed by atoms with Crippen molar-refractivity contribution in [3.8, 4) is 5.75 Å². The zero-order valence-corrected chi connectivity index (χ0v) is 16.2. The van der Waals surface area contributed by atoms with Gasteiger partial charge in [-0.15, -0.1) is 11.3 Å². The minimum Gasteiger partial charge on any atom is -0.508 e. The Morgan fingerprint density at radius 1 is 1.30 bits per heavy atom. The van der Waals surface area contributed by atoms with Gasteiger partial charge in [-0.2, -0.15) is 0 Å². The number of nitrogens with zero attached hydrogens (tertiary/aromatic N) is 2. The van der Waals surface area contributed by atoms with E-state index in [0.717, 1.165) is 16.4 Å². The number of amides is 1. The summed E-state index contributed by atoms with van der Waals surface area (Å²) in [4.78, 5) is 20.2. The second-order valence-electron chi connectivity index (χ2n) is 7.29. The summed E-state index contributed by atoms with van der Waals surface area (Å²) in [6.07, 6.45) is 1.79. The van der Waals surface area contributed by atoms with Crippen LogP contribution in [-0.4, -0.2) is 21.0 Å². The molecule has 0 bridgehead atoms. The number of rotatable bonds is 6. The fraction of sp³-hybridized carbons (Fsp3) is 0.316. The van der Waals surface area contributed by atoms with Crippen LogP contribution < -0.4 is 11.1 Å². The molecular formula is C19H22N4O3S. The van der Waals surface area contributed by atoms with Crippen LogP contribution in [0.3, 0.4) is 0 Å². The Kier molecular flexibility index (Phi) is 5.18. The van der Waals surface area contributed by atoms with Crippen molar-refractivity contribution in [1.29, 1.82) is 0 Å². The van der Waals surface area contributed by atoms with Gasteiger partial charge in [0.2, 0.25) is 5.89 Å². The molecule has 1 aromatic carbocycles. The highest BCUT2D eigenvalue weighted by molar-refractivity contribution is 7.13. The van der Waals surface area contributed by atoms with E-state index in [1.807, 2.05) is 17.5 Å². The van der Waals surface area contributed by atoms with Gasteiger partial charge in [0, 0.05) is 17.2 Å². The average molecular weight is 386 g/mol. The second kappa shape index (κ2) is 7.40. The smallest absolute Gasteiger partial charge is 0.270 e. The first-order valence-corrected chi connectivity index (χ1v) is 9.36. The van der Waals surface area contributed by atoms with E-state index < -0.39 is 5.91 Å². The first-order valence-electron chi connectivity index (χ1n) is 8.48. The Morgan fingerprint density at radius 3 is 2.56 bits per heavy atom. The predicted molar refractivity (Wildman–Crippen MR) is 104 cm³/mol. The quantitative estimate of drug-likeness (QED) is 0.596. The molecule has 0 aliphatic carbocycles. The number of carbonyl (C=O) groups excluding carboxylic acids is 1. The van der Waals surface area contributed by atoms with Gasteiger partial charge in [0.15, 0.2) is 10.8 Å². The highest BCUT2D eigenvalue weighted by Crippen LogP contribution is 2.30. The molecule has 3 aromatic rings. The van der Waals surface area contributed by atoms with E-state index in [1.165, 1.54) is 17.6 Å². The molecule has 27 heavy (non-hydrogen) atoms. The molecule has 0 spiro atoms. The van der Waals surface area contributed by atoms with E-state index in [4.69, 9.17) is 10.2 Å². The van der Waals surface area contributed by atoms with Crippen molar-refractivity contribution < 1.29 is 14.3 Å². The Hall–Kier alpha value is -2.87. The van der Waals surface area contributed by atoms with Gasteiger partial charge in [0.25, 0.3) is 5.91 Å². The predicted octanol–water partition coefficient (Wildman–Crippen LogP) is 3.63. The van der Waals surface area contributed by atoms with Crippen molar-refractivity contribution in [2.75, 3.05) is 5.32 Å². The number of phenolic OH excluding ortho intramolecular Hbond substituents is 1. The number of benzene rings is 1. The fourth-order valence-electron chi connectivity index (χ4n) is 2.46. The minimum atomic E-state index is -0.641. The molecule has 8 heteroatoms. The molecule has 0 aliphatic rings. The molecule has 1 amide bonds. The van der Waals surface area contributed by atoms with Crippen LogP contribution in [0.5, 0.6) is 5.75 Å². The van der Waals surface area contributed by atoms with Gasteiger partial charge in [-0.1, -0.05) is 32.9 Å². The number of primary amides is 1. The lowest BCUT2D eigenvalue weighted by Crippen LogP contribution is -2.16. The summed E-state index contributed by atoms with van der Waals surface area (Å²) < 4.78 is 5.48. The van der Waals surface area contributed by atoms with E-state index in [1.54, 1.807) is 12.1 Å². The molecule has 2 heterocycles. The van der Waals surface area contributed by atoms with Gasteiger partial charge in [-0.05, 0) is 17.7 Å². The summed E-state index contributed by atoms with van der Waals surface area (Å²) in [6, 6.07) is 6.55. The van der Waals surface area contributed by atoms with Crippen molar-refractivity contribution in [2.45, 2.75) is 38.6 Å². The van der Waals surface area contributed by atoms with Crippen LogP contribution >= 0.6 is 11.3 Å². The maximum Gasteiger partial charge on any atom is 0.270 e. The van der Waals surface area contributed by atoms with Crippen LogP contribution in [0.25, 0.3) is 0 Å². The maximum atomic E-state index is 11.3. The summed E-state index contributed by atoms with van der Waals surface area (Å²) in [5, 5.41) is 15.6. The SMILES string of the molecule is CC(C)(C)c1csc(N[C@@H](Cc2ccc(O)cc2)c2nc(C(N)=O)co2)n1. The van der Waals surface area contributed by atoms with Crippen molar-refractivity contribution in [3.05, 3.63) is 58.8 Å². The number of aromatic hydroxyl groups is 1. The van der Waals surface area contributed by atoms with Crippen LogP contribution in [0.1, 0.15) is 54.4 Å². The van der Waals surface area contributed by atoms with E-state index in [0.29, 0.717) is 12.3 Å². The largest absolute Gasteiger partial charge is 0.508 e. The van der Waals surface area contributed by atoms with E-state index in [2.05, 4.69) is 36.1 Å². The van der Waals surface area contributed by atoms with E-state index >= 15 is 0 Å². The third kappa shape index (κ3) is 4.65. The Bertz CT molecular complexity index is 925. The monoisotopic (exact) mass is 386 g/mol. The molecular weight excluding hydrogens is 364 g/mol. The Labute approximate surface area is 161 Å². The Morgan fingerprint density at radius 2 is 2.00 bits per heavy atom. The van der Waals surface area contributed by atoms with Gasteiger partial charge in [0.1, 0.15) is 18.1 Å². The van der Waals surface area contributed by atoms with Crippen LogP contribution in [0.4, 0.5) is 5.13 Å². The van der Waals surface area contributed by atoms with Gasteiger partial charge in [0.05, 0.1) is 5.69 Å². The van der Waals surface area contributed by atoms with Crippen LogP contribution in [-0.2, 0) is 11.8 Å². The van der Waals surface area contributed by atoms with Gasteiger partial charge < -0.3 is 20.6 Å². The lowest BCUT2D eigenvalue weighted by Gasteiger charge is -2.16. The molecule has 142 valence electrons. The van der Waals surface area contributed by atoms with Crippen LogP contribution in [0.2, 0.25) is 0 Å². The second-order valence-corrected chi connectivity index (χ2v) is 8.15. The molecule has 0 unspecified atom stereocenters. The Balaban J connectivity index is 1.87. The summed E-state index contributed by atoms with van der Waals surface area (Å²) in [5.74, 6) is -0.0906. The summed E-state index contributed by atoms with van der Waals surface area (Å²) in [6.45, 7) is 6.31. The summed E-state index contributed by atoms with van der Waals surface area (Å²) in [7, 11) is 0. The number of thiazole rings is 1. The summed E-state index contributed by atoms with van der Waals surface area (Å²) >= 11 is 1.50. The van der Waals surface area contributed by atoms with Crippen LogP contribution in [0.15, 0.2) is 40.3 Å². The molecule has 0 radical (unpaired) electrons. The third-order valence-corrected chi connectivity index (χ3v) is 4.79. The number of anilines is 1. The number of aromatic nitrogens is 2. The zero-order chi connectivity index (χ0) is 19.6. The van der Waals surface area contributed by atoms with Crippen molar-refractivity contribution in [3.63, 3.8) is 0 Å². The number of oxazole rings is 1. The minimum absolute atomic E-state index is 0.0506. The number of nitrogens with two attached hydrogens (primary N) is 1. The molecule has 0 saturated carbocycles.